The van der Waals surface area contributed by atoms with Crippen LogP contribution in [0.3, 0.4) is 0 Å². The second kappa shape index (κ2) is 6.03. The fourth-order valence-electron chi connectivity index (χ4n) is 1.21. The number of carbonyl (C=O) groups is 2. The summed E-state index contributed by atoms with van der Waals surface area (Å²) in [6, 6.07) is 6.87. The summed E-state index contributed by atoms with van der Waals surface area (Å²) in [5, 5.41) is 0. The molecule has 92 valence electrons. The molecule has 0 unspecified atom stereocenters. The van der Waals surface area contributed by atoms with Gasteiger partial charge in [0, 0.05) is 18.7 Å². The Balaban J connectivity index is 2.55. The van der Waals surface area contributed by atoms with Gasteiger partial charge in [-0.1, -0.05) is 12.1 Å². The van der Waals surface area contributed by atoms with Crippen LogP contribution in [0.4, 0.5) is 0 Å². The van der Waals surface area contributed by atoms with Crippen LogP contribution in [0.1, 0.15) is 24.2 Å². The number of nitrogens with zero attached hydrogens (tertiary/aromatic N) is 1. The van der Waals surface area contributed by atoms with Gasteiger partial charge in [-0.25, -0.2) is 0 Å². The molecular formula is C13H17NO3. The Labute approximate surface area is 101 Å². The number of hydrogen-bond donors (Lipinski definition) is 0. The van der Waals surface area contributed by atoms with Gasteiger partial charge in [0.25, 0.3) is 5.91 Å². The first-order valence-corrected chi connectivity index (χ1v) is 5.48. The molecule has 0 aliphatic heterocycles. The van der Waals surface area contributed by atoms with Gasteiger partial charge >= 0.3 is 0 Å². The smallest absolute Gasteiger partial charge is 0.260 e. The Hall–Kier alpha value is -1.84. The van der Waals surface area contributed by atoms with Crippen molar-refractivity contribution in [1.82, 2.24) is 4.90 Å². The Kier molecular flexibility index (Phi) is 4.69. The van der Waals surface area contributed by atoms with Crippen molar-refractivity contribution in [1.29, 1.82) is 0 Å². The van der Waals surface area contributed by atoms with Crippen molar-refractivity contribution in [2.45, 2.75) is 19.9 Å². The highest BCUT2D eigenvalue weighted by Gasteiger charge is 2.12. The zero-order valence-corrected chi connectivity index (χ0v) is 10.3. The van der Waals surface area contributed by atoms with Gasteiger partial charge in [-0.2, -0.15) is 0 Å². The maximum absolute atomic E-state index is 11.6. The molecule has 0 fully saturated rings. The molecule has 0 radical (unpaired) electrons. The van der Waals surface area contributed by atoms with E-state index in [0.29, 0.717) is 11.3 Å². The molecule has 1 amide bonds. The summed E-state index contributed by atoms with van der Waals surface area (Å²) >= 11 is 0. The highest BCUT2D eigenvalue weighted by molar-refractivity contribution is 5.78. The van der Waals surface area contributed by atoms with E-state index in [1.54, 1.807) is 36.2 Å². The molecule has 0 saturated carbocycles. The van der Waals surface area contributed by atoms with E-state index in [0.717, 1.165) is 6.29 Å². The normalized spacial score (nSPS) is 10.1. The second-order valence-electron chi connectivity index (χ2n) is 4.08. The summed E-state index contributed by atoms with van der Waals surface area (Å²) in [5.74, 6) is 0.441. The molecule has 0 heterocycles. The predicted molar refractivity (Wildman–Crippen MR) is 65.2 cm³/mol. The second-order valence-corrected chi connectivity index (χ2v) is 4.08. The Morgan fingerprint density at radius 3 is 2.76 bits per heavy atom. The highest BCUT2D eigenvalue weighted by Crippen LogP contribution is 2.12. The van der Waals surface area contributed by atoms with Gasteiger partial charge in [0.2, 0.25) is 0 Å². The van der Waals surface area contributed by atoms with Gasteiger partial charge in [-0.3, -0.25) is 9.59 Å². The van der Waals surface area contributed by atoms with Crippen LogP contribution in [-0.2, 0) is 4.79 Å². The third kappa shape index (κ3) is 3.90. The Morgan fingerprint density at radius 1 is 1.47 bits per heavy atom. The first-order valence-electron chi connectivity index (χ1n) is 5.48. The number of rotatable bonds is 5. The van der Waals surface area contributed by atoms with Crippen molar-refractivity contribution < 1.29 is 14.3 Å². The summed E-state index contributed by atoms with van der Waals surface area (Å²) < 4.78 is 5.33. The molecule has 0 saturated heterocycles. The average molecular weight is 235 g/mol. The number of hydrogen-bond acceptors (Lipinski definition) is 3. The molecule has 0 aliphatic rings. The average Bonchev–Trinajstić information content (AvgIpc) is 2.35. The number of benzene rings is 1. The first kappa shape index (κ1) is 13.2. The molecule has 1 aromatic carbocycles. The van der Waals surface area contributed by atoms with Crippen LogP contribution in [0.2, 0.25) is 0 Å². The third-order valence-electron chi connectivity index (χ3n) is 2.52. The van der Waals surface area contributed by atoms with E-state index in [4.69, 9.17) is 4.74 Å². The zero-order chi connectivity index (χ0) is 12.8. The van der Waals surface area contributed by atoms with Crippen LogP contribution >= 0.6 is 0 Å². The quantitative estimate of drug-likeness (QED) is 0.730. The molecular weight excluding hydrogens is 218 g/mol. The van der Waals surface area contributed by atoms with Gasteiger partial charge in [0.1, 0.15) is 12.0 Å². The van der Waals surface area contributed by atoms with E-state index in [2.05, 4.69) is 0 Å². The van der Waals surface area contributed by atoms with Crippen LogP contribution in [-0.4, -0.2) is 36.8 Å². The SMILES string of the molecule is CC(C)N(C)C(=O)COc1cccc(C=O)c1. The van der Waals surface area contributed by atoms with Gasteiger partial charge in [0.15, 0.2) is 6.61 Å². The van der Waals surface area contributed by atoms with Gasteiger partial charge in [0.05, 0.1) is 0 Å². The number of ether oxygens (including phenoxy) is 1. The van der Waals surface area contributed by atoms with E-state index in [1.807, 2.05) is 13.8 Å². The molecule has 1 aromatic rings. The van der Waals surface area contributed by atoms with Gasteiger partial charge < -0.3 is 9.64 Å². The lowest BCUT2D eigenvalue weighted by Gasteiger charge is -2.21. The van der Waals surface area contributed by atoms with E-state index in [1.165, 1.54) is 0 Å². The minimum atomic E-state index is -0.0866. The minimum absolute atomic E-state index is 0.0169. The standard InChI is InChI=1S/C13H17NO3/c1-10(2)14(3)13(16)9-17-12-6-4-5-11(7-12)8-15/h4-8,10H,9H2,1-3H3. The monoisotopic (exact) mass is 235 g/mol. The topological polar surface area (TPSA) is 46.6 Å². The number of aldehydes is 1. The molecule has 17 heavy (non-hydrogen) atoms. The van der Waals surface area contributed by atoms with E-state index < -0.39 is 0 Å². The Morgan fingerprint density at radius 2 is 2.18 bits per heavy atom. The van der Waals surface area contributed by atoms with Crippen LogP contribution in [0.5, 0.6) is 5.75 Å². The number of carbonyl (C=O) groups excluding carboxylic acids is 2. The van der Waals surface area contributed by atoms with Gasteiger partial charge in [-0.05, 0) is 26.0 Å². The summed E-state index contributed by atoms with van der Waals surface area (Å²) in [7, 11) is 1.73. The minimum Gasteiger partial charge on any atom is -0.484 e. The van der Waals surface area contributed by atoms with Crippen LogP contribution < -0.4 is 4.74 Å². The number of likely N-dealkylation sites (N-methyl/N-ethyl adjacent to an activating group) is 1. The lowest BCUT2D eigenvalue weighted by atomic mass is 10.2. The largest absolute Gasteiger partial charge is 0.484 e. The van der Waals surface area contributed by atoms with Crippen molar-refractivity contribution in [3.8, 4) is 5.75 Å². The van der Waals surface area contributed by atoms with Crippen molar-refractivity contribution in [2.75, 3.05) is 13.7 Å². The molecule has 0 aromatic heterocycles. The molecule has 4 nitrogen and oxygen atoms in total. The lowest BCUT2D eigenvalue weighted by molar-refractivity contribution is -0.133. The van der Waals surface area contributed by atoms with Crippen molar-refractivity contribution in [3.63, 3.8) is 0 Å². The molecule has 0 bridgehead atoms. The van der Waals surface area contributed by atoms with Crippen LogP contribution in [0.15, 0.2) is 24.3 Å². The van der Waals surface area contributed by atoms with Crippen LogP contribution in [0.25, 0.3) is 0 Å². The fraction of sp³-hybridized carbons (Fsp3) is 0.385. The third-order valence-corrected chi connectivity index (χ3v) is 2.52. The molecule has 1 rings (SSSR count). The zero-order valence-electron chi connectivity index (χ0n) is 10.3. The van der Waals surface area contributed by atoms with Crippen LogP contribution in [0, 0.1) is 0 Å². The molecule has 4 heteroatoms. The summed E-state index contributed by atoms with van der Waals surface area (Å²) in [6.07, 6.45) is 0.745. The molecule has 0 aliphatic carbocycles. The van der Waals surface area contributed by atoms with E-state index in [-0.39, 0.29) is 18.6 Å². The van der Waals surface area contributed by atoms with E-state index in [9.17, 15) is 9.59 Å². The van der Waals surface area contributed by atoms with Crippen molar-refractivity contribution >= 4 is 12.2 Å². The number of amides is 1. The molecule has 0 atom stereocenters. The molecule has 0 N–H and O–H groups in total. The lowest BCUT2D eigenvalue weighted by Crippen LogP contribution is -2.36. The van der Waals surface area contributed by atoms with Crippen molar-refractivity contribution in [3.05, 3.63) is 29.8 Å². The molecule has 0 spiro atoms. The predicted octanol–water partition coefficient (Wildman–Crippen LogP) is 1.74. The summed E-state index contributed by atoms with van der Waals surface area (Å²) in [5.41, 5.74) is 0.534. The highest BCUT2D eigenvalue weighted by atomic mass is 16.5. The summed E-state index contributed by atoms with van der Waals surface area (Å²) in [6.45, 7) is 3.85. The maximum Gasteiger partial charge on any atom is 0.260 e. The maximum atomic E-state index is 11.6. The van der Waals surface area contributed by atoms with Crippen molar-refractivity contribution in [2.24, 2.45) is 0 Å². The fourth-order valence-corrected chi connectivity index (χ4v) is 1.21. The van der Waals surface area contributed by atoms with E-state index >= 15 is 0 Å². The Bertz CT molecular complexity index is 401. The first-order chi connectivity index (χ1) is 8.04. The van der Waals surface area contributed by atoms with Gasteiger partial charge in [-0.15, -0.1) is 0 Å². The summed E-state index contributed by atoms with van der Waals surface area (Å²) in [4.78, 5) is 23.8.